The lowest BCUT2D eigenvalue weighted by molar-refractivity contribution is -0.137. The van der Waals surface area contributed by atoms with Crippen LogP contribution in [-0.2, 0) is 4.79 Å². The zero-order chi connectivity index (χ0) is 14.6. The minimum absolute atomic E-state index is 0.292. The van der Waals surface area contributed by atoms with Crippen molar-refractivity contribution in [1.82, 2.24) is 0 Å². The quantitative estimate of drug-likeness (QED) is 0.540. The Balaban J connectivity index is -0.000000187. The van der Waals surface area contributed by atoms with Crippen molar-refractivity contribution in [2.45, 2.75) is 98.8 Å². The lowest BCUT2D eigenvalue weighted by Crippen LogP contribution is -1.90. The third kappa shape index (κ3) is 45.2. The van der Waals surface area contributed by atoms with Gasteiger partial charge in [-0.3, -0.25) is 4.79 Å². The third-order valence-electron chi connectivity index (χ3n) is 2.38. The molecule has 0 rings (SSSR count). The summed E-state index contributed by atoms with van der Waals surface area (Å²) in [4.78, 5) is 9.60. The van der Waals surface area contributed by atoms with Crippen LogP contribution in [0.4, 0.5) is 0 Å². The monoisotopic (exact) mass is 260 g/mol. The largest absolute Gasteiger partial charge is 0.481 e. The minimum atomic E-state index is -0.711. The summed E-state index contributed by atoms with van der Waals surface area (Å²) in [5.74, 6) is -0.711. The van der Waals surface area contributed by atoms with E-state index in [1.165, 1.54) is 51.4 Å². The molecule has 0 aromatic heterocycles. The molecule has 0 aromatic rings. The van der Waals surface area contributed by atoms with Gasteiger partial charge in [0.05, 0.1) is 0 Å². The molecule has 0 heterocycles. The first-order chi connectivity index (χ1) is 8.60. The van der Waals surface area contributed by atoms with Gasteiger partial charge in [0, 0.05) is 6.42 Å². The third-order valence-corrected chi connectivity index (χ3v) is 2.38. The molecule has 0 aliphatic carbocycles. The van der Waals surface area contributed by atoms with Crippen LogP contribution in [0.1, 0.15) is 98.8 Å². The molecular weight excluding hydrogens is 224 g/mol. The van der Waals surface area contributed by atoms with E-state index < -0.39 is 5.97 Å². The van der Waals surface area contributed by atoms with E-state index in [0.29, 0.717) is 6.42 Å². The van der Waals surface area contributed by atoms with Crippen LogP contribution in [-0.4, -0.2) is 11.1 Å². The fourth-order valence-electron chi connectivity index (χ4n) is 1.21. The van der Waals surface area contributed by atoms with Crippen LogP contribution in [0.25, 0.3) is 0 Å². The van der Waals surface area contributed by atoms with E-state index in [2.05, 4.69) is 27.7 Å². The summed E-state index contributed by atoms with van der Waals surface area (Å²) in [7, 11) is 0. The van der Waals surface area contributed by atoms with Gasteiger partial charge in [-0.15, -0.1) is 0 Å². The average molecular weight is 260 g/mol. The molecule has 0 aliphatic heterocycles. The number of aliphatic carboxylic acids is 1. The number of unbranched alkanes of at least 4 members (excludes halogenated alkanes) is 6. The van der Waals surface area contributed by atoms with Crippen LogP contribution in [0.15, 0.2) is 0 Å². The Morgan fingerprint density at radius 2 is 0.944 bits per heavy atom. The summed E-state index contributed by atoms with van der Waals surface area (Å²) in [5, 5.41) is 7.91. The highest BCUT2D eigenvalue weighted by Gasteiger charge is 1.87. The number of carboxylic acid groups (broad SMARTS) is 1. The predicted octanol–water partition coefficient (Wildman–Crippen LogP) is 6.04. The second-order valence-corrected chi connectivity index (χ2v) is 4.56. The number of rotatable bonds is 8. The normalized spacial score (nSPS) is 8.72. The van der Waals surface area contributed by atoms with Gasteiger partial charge in [-0.2, -0.15) is 0 Å². The summed E-state index contributed by atoms with van der Waals surface area (Å²) in [6.45, 7) is 10.8. The Labute approximate surface area is 115 Å². The predicted molar refractivity (Wildman–Crippen MR) is 82.2 cm³/mol. The van der Waals surface area contributed by atoms with Gasteiger partial charge in [-0.05, 0) is 6.42 Å². The van der Waals surface area contributed by atoms with E-state index in [4.69, 9.17) is 5.11 Å². The van der Waals surface area contributed by atoms with Crippen LogP contribution in [0.3, 0.4) is 0 Å². The fourth-order valence-corrected chi connectivity index (χ4v) is 1.21. The van der Waals surface area contributed by atoms with Crippen molar-refractivity contribution in [2.75, 3.05) is 0 Å². The summed E-state index contributed by atoms with van der Waals surface area (Å²) in [5.41, 5.74) is 0. The Morgan fingerprint density at radius 3 is 1.00 bits per heavy atom. The van der Waals surface area contributed by atoms with Gasteiger partial charge >= 0.3 is 5.97 Å². The highest BCUT2D eigenvalue weighted by atomic mass is 16.4. The van der Waals surface area contributed by atoms with Crippen molar-refractivity contribution >= 4 is 5.97 Å². The fraction of sp³-hybridized carbons (Fsp3) is 0.938. The van der Waals surface area contributed by atoms with Crippen LogP contribution in [0.2, 0.25) is 0 Å². The first-order valence-corrected chi connectivity index (χ1v) is 7.82. The van der Waals surface area contributed by atoms with Crippen molar-refractivity contribution in [2.24, 2.45) is 0 Å². The van der Waals surface area contributed by atoms with Gasteiger partial charge in [-0.25, -0.2) is 0 Å². The first kappa shape index (κ1) is 22.6. The molecule has 0 saturated heterocycles. The van der Waals surface area contributed by atoms with Gasteiger partial charge in [0.1, 0.15) is 0 Å². The molecule has 0 fully saturated rings. The standard InChI is InChI=1S/2C6H14.C4H8O2/c2*1-3-5-6-4-2;1-2-3-4(5)6/h2*3-6H2,1-2H3;2-3H2,1H3,(H,5,6). The van der Waals surface area contributed by atoms with E-state index in [9.17, 15) is 4.79 Å². The maximum Gasteiger partial charge on any atom is 0.303 e. The highest BCUT2D eigenvalue weighted by Crippen LogP contribution is 1.95. The second-order valence-electron chi connectivity index (χ2n) is 4.56. The van der Waals surface area contributed by atoms with E-state index in [1.54, 1.807) is 0 Å². The molecule has 0 aromatic carbocycles. The molecule has 0 bridgehead atoms. The minimum Gasteiger partial charge on any atom is -0.481 e. The molecule has 0 spiro atoms. The van der Waals surface area contributed by atoms with Crippen molar-refractivity contribution in [3.8, 4) is 0 Å². The molecule has 0 saturated carbocycles. The number of hydrogen-bond acceptors (Lipinski definition) is 1. The maximum atomic E-state index is 9.60. The average Bonchev–Trinajstić information content (AvgIpc) is 2.35. The summed E-state index contributed by atoms with van der Waals surface area (Å²) >= 11 is 0. The summed E-state index contributed by atoms with van der Waals surface area (Å²) in [6.07, 6.45) is 12.1. The van der Waals surface area contributed by atoms with Crippen molar-refractivity contribution < 1.29 is 9.90 Å². The molecule has 0 amide bonds. The zero-order valence-corrected chi connectivity index (χ0v) is 13.4. The van der Waals surface area contributed by atoms with Crippen molar-refractivity contribution in [1.29, 1.82) is 0 Å². The molecule has 0 atom stereocenters. The van der Waals surface area contributed by atoms with E-state index in [1.807, 2.05) is 6.92 Å². The Bertz CT molecular complexity index is 117. The van der Waals surface area contributed by atoms with Gasteiger partial charge < -0.3 is 5.11 Å². The van der Waals surface area contributed by atoms with Crippen LogP contribution in [0, 0.1) is 0 Å². The van der Waals surface area contributed by atoms with Gasteiger partial charge in [0.25, 0.3) is 0 Å². The van der Waals surface area contributed by atoms with Crippen molar-refractivity contribution in [3.05, 3.63) is 0 Å². The molecular formula is C16H36O2. The van der Waals surface area contributed by atoms with E-state index >= 15 is 0 Å². The molecule has 112 valence electrons. The summed E-state index contributed by atoms with van der Waals surface area (Å²) in [6, 6.07) is 0. The van der Waals surface area contributed by atoms with E-state index in [0.717, 1.165) is 6.42 Å². The molecule has 2 nitrogen and oxygen atoms in total. The Kier molecular flexibility index (Phi) is 31.9. The number of carbonyl (C=O) groups is 1. The first-order valence-electron chi connectivity index (χ1n) is 7.82. The van der Waals surface area contributed by atoms with Gasteiger partial charge in [0.15, 0.2) is 0 Å². The van der Waals surface area contributed by atoms with Gasteiger partial charge in [0.2, 0.25) is 0 Å². The summed E-state index contributed by atoms with van der Waals surface area (Å²) < 4.78 is 0. The second kappa shape index (κ2) is 25.3. The number of carboxylic acids is 1. The van der Waals surface area contributed by atoms with Gasteiger partial charge in [-0.1, -0.05) is 86.0 Å². The molecule has 18 heavy (non-hydrogen) atoms. The van der Waals surface area contributed by atoms with Crippen LogP contribution < -0.4 is 0 Å². The lowest BCUT2D eigenvalue weighted by Gasteiger charge is -1.86. The Hall–Kier alpha value is -0.530. The zero-order valence-electron chi connectivity index (χ0n) is 13.4. The van der Waals surface area contributed by atoms with Crippen LogP contribution >= 0.6 is 0 Å². The Morgan fingerprint density at radius 1 is 0.667 bits per heavy atom. The molecule has 2 heteroatoms. The topological polar surface area (TPSA) is 37.3 Å². The lowest BCUT2D eigenvalue weighted by atomic mass is 10.2. The number of hydrogen-bond donors (Lipinski definition) is 1. The molecule has 1 N–H and O–H groups in total. The van der Waals surface area contributed by atoms with Crippen molar-refractivity contribution in [3.63, 3.8) is 0 Å². The van der Waals surface area contributed by atoms with E-state index in [-0.39, 0.29) is 0 Å². The van der Waals surface area contributed by atoms with Crippen LogP contribution in [0.5, 0.6) is 0 Å². The maximum absolute atomic E-state index is 9.60. The molecule has 0 radical (unpaired) electrons. The SMILES string of the molecule is CCCC(=O)O.CCCCCC.CCCCCC. The molecule has 0 aliphatic rings. The smallest absolute Gasteiger partial charge is 0.303 e. The molecule has 0 unspecified atom stereocenters. The highest BCUT2D eigenvalue weighted by molar-refractivity contribution is 5.66.